The van der Waals surface area contributed by atoms with E-state index >= 15 is 0 Å². The molecule has 21 heavy (non-hydrogen) atoms. The molecule has 0 aromatic heterocycles. The highest BCUT2D eigenvalue weighted by atomic mass is 35.5. The molecule has 2 rings (SSSR count). The van der Waals surface area contributed by atoms with E-state index in [1.807, 2.05) is 0 Å². The zero-order valence-electron chi connectivity index (χ0n) is 11.0. The Bertz CT molecular complexity index is 501. The molecule has 1 aliphatic rings. The maximum atomic E-state index is 13.7. The Hall–Kier alpha value is -1.34. The van der Waals surface area contributed by atoms with Gasteiger partial charge in [0.15, 0.2) is 0 Å². The molecule has 118 valence electrons. The Balaban J connectivity index is 0.00000220. The second-order valence-corrected chi connectivity index (χ2v) is 4.73. The Morgan fingerprint density at radius 3 is 2.67 bits per heavy atom. The zero-order chi connectivity index (χ0) is 14.8. The summed E-state index contributed by atoms with van der Waals surface area (Å²) in [5, 5.41) is 5.58. The van der Waals surface area contributed by atoms with Crippen LogP contribution < -0.4 is 10.6 Å². The number of halogens is 5. The Kier molecular flexibility index (Phi) is 5.98. The van der Waals surface area contributed by atoms with Crippen LogP contribution in [0.25, 0.3) is 0 Å². The van der Waals surface area contributed by atoms with Crippen LogP contribution in [0.3, 0.4) is 0 Å². The van der Waals surface area contributed by atoms with Crippen molar-refractivity contribution in [3.8, 4) is 0 Å². The van der Waals surface area contributed by atoms with E-state index in [-0.39, 0.29) is 18.3 Å². The fraction of sp³-hybridized carbons (Fsp3) is 0.462. The lowest BCUT2D eigenvalue weighted by atomic mass is 10.1. The lowest BCUT2D eigenvalue weighted by Crippen LogP contribution is -2.31. The SMILES string of the molecule is Cl.O=C(NCC1CCNC1)c1cccc(C(F)(F)F)c1F. The van der Waals surface area contributed by atoms with Gasteiger partial charge in [-0.2, -0.15) is 13.2 Å². The number of benzene rings is 1. The minimum atomic E-state index is -4.81. The minimum absolute atomic E-state index is 0. The van der Waals surface area contributed by atoms with Crippen molar-refractivity contribution in [2.75, 3.05) is 19.6 Å². The normalized spacial score (nSPS) is 18.2. The number of rotatable bonds is 3. The third kappa shape index (κ3) is 4.31. The quantitative estimate of drug-likeness (QED) is 0.838. The molecule has 1 aromatic carbocycles. The van der Waals surface area contributed by atoms with Crippen LogP contribution in [0.5, 0.6) is 0 Å². The number of hydrogen-bond donors (Lipinski definition) is 2. The minimum Gasteiger partial charge on any atom is -0.352 e. The Labute approximate surface area is 125 Å². The number of hydrogen-bond acceptors (Lipinski definition) is 2. The average Bonchev–Trinajstić information content (AvgIpc) is 2.88. The van der Waals surface area contributed by atoms with Crippen LogP contribution in [0, 0.1) is 11.7 Å². The lowest BCUT2D eigenvalue weighted by Gasteiger charge is -2.13. The highest BCUT2D eigenvalue weighted by Crippen LogP contribution is 2.32. The maximum Gasteiger partial charge on any atom is 0.419 e. The highest BCUT2D eigenvalue weighted by Gasteiger charge is 2.35. The van der Waals surface area contributed by atoms with Crippen LogP contribution in [0.2, 0.25) is 0 Å². The molecule has 1 atom stereocenters. The molecule has 1 heterocycles. The largest absolute Gasteiger partial charge is 0.419 e. The predicted octanol–water partition coefficient (Wildman–Crippen LogP) is 2.61. The molecular weight excluding hydrogens is 312 g/mol. The van der Waals surface area contributed by atoms with E-state index in [4.69, 9.17) is 0 Å². The smallest absolute Gasteiger partial charge is 0.352 e. The topological polar surface area (TPSA) is 41.1 Å². The molecule has 3 nitrogen and oxygen atoms in total. The molecule has 0 saturated carbocycles. The van der Waals surface area contributed by atoms with Crippen molar-refractivity contribution in [2.24, 2.45) is 5.92 Å². The van der Waals surface area contributed by atoms with E-state index in [0.29, 0.717) is 12.6 Å². The van der Waals surface area contributed by atoms with Crippen LogP contribution in [0.1, 0.15) is 22.3 Å². The van der Waals surface area contributed by atoms with Crippen molar-refractivity contribution in [3.63, 3.8) is 0 Å². The van der Waals surface area contributed by atoms with Gasteiger partial charge in [-0.05, 0) is 37.6 Å². The molecule has 1 unspecified atom stereocenters. The van der Waals surface area contributed by atoms with Crippen molar-refractivity contribution in [1.29, 1.82) is 0 Å². The Morgan fingerprint density at radius 2 is 2.10 bits per heavy atom. The number of carbonyl (C=O) groups excluding carboxylic acids is 1. The first-order valence-corrected chi connectivity index (χ1v) is 6.24. The summed E-state index contributed by atoms with van der Waals surface area (Å²) in [5.41, 5.74) is -2.00. The van der Waals surface area contributed by atoms with Crippen LogP contribution >= 0.6 is 12.4 Å². The van der Waals surface area contributed by atoms with E-state index < -0.39 is 29.0 Å². The molecule has 8 heteroatoms. The summed E-state index contributed by atoms with van der Waals surface area (Å²) in [4.78, 5) is 11.8. The number of alkyl halides is 3. The second kappa shape index (κ2) is 7.09. The van der Waals surface area contributed by atoms with Gasteiger partial charge in [0.25, 0.3) is 5.91 Å². The van der Waals surface area contributed by atoms with Gasteiger partial charge in [0.1, 0.15) is 5.82 Å². The highest BCUT2D eigenvalue weighted by molar-refractivity contribution is 5.94. The molecule has 1 fully saturated rings. The molecule has 0 spiro atoms. The van der Waals surface area contributed by atoms with E-state index in [0.717, 1.165) is 31.6 Å². The fourth-order valence-electron chi connectivity index (χ4n) is 2.15. The van der Waals surface area contributed by atoms with Gasteiger partial charge in [0.05, 0.1) is 11.1 Å². The summed E-state index contributed by atoms with van der Waals surface area (Å²) in [5.74, 6) is -2.12. The van der Waals surface area contributed by atoms with Gasteiger partial charge >= 0.3 is 6.18 Å². The zero-order valence-corrected chi connectivity index (χ0v) is 11.8. The summed E-state index contributed by atoms with van der Waals surface area (Å²) in [7, 11) is 0. The van der Waals surface area contributed by atoms with Gasteiger partial charge in [0.2, 0.25) is 0 Å². The van der Waals surface area contributed by atoms with E-state index in [1.54, 1.807) is 0 Å². The molecule has 0 aliphatic carbocycles. The summed E-state index contributed by atoms with van der Waals surface area (Å²) in [6.07, 6.45) is -3.93. The summed E-state index contributed by atoms with van der Waals surface area (Å²) >= 11 is 0. The van der Waals surface area contributed by atoms with Crippen molar-refractivity contribution >= 4 is 18.3 Å². The summed E-state index contributed by atoms with van der Waals surface area (Å²) in [6.45, 7) is 1.91. The first kappa shape index (κ1) is 17.7. The number of amides is 1. The monoisotopic (exact) mass is 326 g/mol. The molecule has 0 bridgehead atoms. The summed E-state index contributed by atoms with van der Waals surface area (Å²) < 4.78 is 51.4. The van der Waals surface area contributed by atoms with Gasteiger partial charge in [0, 0.05) is 6.54 Å². The van der Waals surface area contributed by atoms with Crippen molar-refractivity contribution in [2.45, 2.75) is 12.6 Å². The van der Waals surface area contributed by atoms with E-state index in [2.05, 4.69) is 10.6 Å². The standard InChI is InChI=1S/C13H14F4N2O.ClH/c14-11-9(2-1-3-10(11)13(15,16)17)12(20)19-7-8-4-5-18-6-8;/h1-3,8,18H,4-7H2,(H,19,20);1H. The lowest BCUT2D eigenvalue weighted by molar-refractivity contribution is -0.140. The third-order valence-electron chi connectivity index (χ3n) is 3.26. The molecule has 2 N–H and O–H groups in total. The molecular formula is C13H15ClF4N2O. The van der Waals surface area contributed by atoms with Gasteiger partial charge < -0.3 is 10.6 Å². The molecule has 1 amide bonds. The fourth-order valence-corrected chi connectivity index (χ4v) is 2.15. The van der Waals surface area contributed by atoms with Crippen molar-refractivity contribution in [3.05, 3.63) is 35.1 Å². The molecule has 1 aliphatic heterocycles. The van der Waals surface area contributed by atoms with Crippen LogP contribution in [0.15, 0.2) is 18.2 Å². The molecule has 0 radical (unpaired) electrons. The van der Waals surface area contributed by atoms with Crippen molar-refractivity contribution in [1.82, 2.24) is 10.6 Å². The maximum absolute atomic E-state index is 13.7. The second-order valence-electron chi connectivity index (χ2n) is 4.73. The predicted molar refractivity (Wildman–Crippen MR) is 72.0 cm³/mol. The van der Waals surface area contributed by atoms with Gasteiger partial charge in [-0.1, -0.05) is 6.07 Å². The first-order chi connectivity index (χ1) is 9.39. The van der Waals surface area contributed by atoms with Crippen molar-refractivity contribution < 1.29 is 22.4 Å². The third-order valence-corrected chi connectivity index (χ3v) is 3.26. The van der Waals surface area contributed by atoms with E-state index in [1.165, 1.54) is 0 Å². The number of carbonyl (C=O) groups is 1. The Morgan fingerprint density at radius 1 is 1.38 bits per heavy atom. The molecule has 1 saturated heterocycles. The van der Waals surface area contributed by atoms with Gasteiger partial charge in [-0.15, -0.1) is 12.4 Å². The summed E-state index contributed by atoms with van der Waals surface area (Å²) in [6, 6.07) is 2.69. The van der Waals surface area contributed by atoms with Crippen LogP contribution in [0.4, 0.5) is 17.6 Å². The van der Waals surface area contributed by atoms with E-state index in [9.17, 15) is 22.4 Å². The number of nitrogens with one attached hydrogen (secondary N) is 2. The first-order valence-electron chi connectivity index (χ1n) is 6.24. The van der Waals surface area contributed by atoms with Gasteiger partial charge in [-0.25, -0.2) is 4.39 Å². The van der Waals surface area contributed by atoms with Gasteiger partial charge in [-0.3, -0.25) is 4.79 Å². The molecule has 1 aromatic rings. The van der Waals surface area contributed by atoms with Crippen LogP contribution in [-0.4, -0.2) is 25.5 Å². The average molecular weight is 327 g/mol. The van der Waals surface area contributed by atoms with Crippen LogP contribution in [-0.2, 0) is 6.18 Å².